The quantitative estimate of drug-likeness (QED) is 0.456. The van der Waals surface area contributed by atoms with Crippen molar-refractivity contribution >= 4 is 39.2 Å². The van der Waals surface area contributed by atoms with E-state index in [1.54, 1.807) is 18.4 Å². The SMILES string of the molecule is CCc1cc2c(SCC(=O)NCCc3ccc(OC)cc3)nc(C)nc2s1. The monoisotopic (exact) mass is 401 g/mol. The molecular formula is C20H23N3O2S2. The van der Waals surface area contributed by atoms with Crippen molar-refractivity contribution in [1.29, 1.82) is 0 Å². The molecule has 5 nitrogen and oxygen atoms in total. The zero-order valence-corrected chi connectivity index (χ0v) is 17.4. The topological polar surface area (TPSA) is 64.1 Å². The molecule has 0 bridgehead atoms. The van der Waals surface area contributed by atoms with Crippen LogP contribution < -0.4 is 10.1 Å². The molecule has 0 spiro atoms. The van der Waals surface area contributed by atoms with Crippen LogP contribution in [0.2, 0.25) is 0 Å². The number of rotatable bonds is 8. The van der Waals surface area contributed by atoms with E-state index < -0.39 is 0 Å². The van der Waals surface area contributed by atoms with Gasteiger partial charge in [-0.1, -0.05) is 30.8 Å². The minimum Gasteiger partial charge on any atom is -0.497 e. The number of nitrogens with zero attached hydrogens (tertiary/aromatic N) is 2. The summed E-state index contributed by atoms with van der Waals surface area (Å²) in [5.41, 5.74) is 1.17. The number of benzene rings is 1. The summed E-state index contributed by atoms with van der Waals surface area (Å²) >= 11 is 3.17. The molecule has 142 valence electrons. The Morgan fingerprint density at radius 3 is 2.74 bits per heavy atom. The molecule has 2 aromatic heterocycles. The summed E-state index contributed by atoms with van der Waals surface area (Å²) in [6.07, 6.45) is 1.78. The number of aromatic nitrogens is 2. The van der Waals surface area contributed by atoms with Crippen LogP contribution in [-0.2, 0) is 17.6 Å². The minimum atomic E-state index is 0.0175. The molecule has 0 radical (unpaired) electrons. The maximum absolute atomic E-state index is 12.2. The number of carbonyl (C=O) groups is 1. The molecule has 7 heteroatoms. The second-order valence-electron chi connectivity index (χ2n) is 6.10. The number of aryl methyl sites for hydroxylation is 2. The maximum atomic E-state index is 12.2. The van der Waals surface area contributed by atoms with E-state index in [1.165, 1.54) is 22.2 Å². The molecule has 0 fully saturated rings. The molecule has 27 heavy (non-hydrogen) atoms. The average Bonchev–Trinajstić information content (AvgIpc) is 3.09. The van der Waals surface area contributed by atoms with E-state index in [0.717, 1.165) is 39.7 Å². The summed E-state index contributed by atoms with van der Waals surface area (Å²) in [5.74, 6) is 1.95. The highest BCUT2D eigenvalue weighted by Gasteiger charge is 2.12. The number of thioether (sulfide) groups is 1. The van der Waals surface area contributed by atoms with Crippen molar-refractivity contribution in [2.24, 2.45) is 0 Å². The van der Waals surface area contributed by atoms with E-state index in [0.29, 0.717) is 12.3 Å². The number of hydrogen-bond acceptors (Lipinski definition) is 6. The number of fused-ring (bicyclic) bond motifs is 1. The molecule has 0 saturated carbocycles. The Bertz CT molecular complexity index is 923. The van der Waals surface area contributed by atoms with Gasteiger partial charge >= 0.3 is 0 Å². The van der Waals surface area contributed by atoms with Crippen LogP contribution in [-0.4, -0.2) is 35.3 Å². The third-order valence-corrected chi connectivity index (χ3v) is 6.27. The second kappa shape index (κ2) is 9.19. The summed E-state index contributed by atoms with van der Waals surface area (Å²) in [6, 6.07) is 10.0. The van der Waals surface area contributed by atoms with Crippen molar-refractivity contribution in [3.05, 3.63) is 46.6 Å². The van der Waals surface area contributed by atoms with E-state index in [-0.39, 0.29) is 5.91 Å². The van der Waals surface area contributed by atoms with Crippen LogP contribution in [0.1, 0.15) is 23.2 Å². The average molecular weight is 402 g/mol. The molecule has 3 rings (SSSR count). The van der Waals surface area contributed by atoms with Crippen molar-refractivity contribution in [3.63, 3.8) is 0 Å². The van der Waals surface area contributed by atoms with E-state index >= 15 is 0 Å². The standard InChI is InChI=1S/C20H23N3O2S2/c1-4-16-11-17-19(22-13(2)23-20(17)27-16)26-12-18(24)21-10-9-14-5-7-15(25-3)8-6-14/h5-8,11H,4,9-10,12H2,1-3H3,(H,21,24). The molecule has 0 unspecified atom stereocenters. The van der Waals surface area contributed by atoms with Crippen LogP contribution in [0.5, 0.6) is 5.75 Å². The van der Waals surface area contributed by atoms with Gasteiger partial charge in [-0.25, -0.2) is 9.97 Å². The third kappa shape index (κ3) is 5.20. The molecule has 1 N–H and O–H groups in total. The first-order valence-electron chi connectivity index (χ1n) is 8.88. The highest BCUT2D eigenvalue weighted by atomic mass is 32.2. The smallest absolute Gasteiger partial charge is 0.230 e. The Morgan fingerprint density at radius 1 is 1.26 bits per heavy atom. The third-order valence-electron chi connectivity index (χ3n) is 4.10. The lowest BCUT2D eigenvalue weighted by molar-refractivity contribution is -0.118. The van der Waals surface area contributed by atoms with Crippen LogP contribution >= 0.6 is 23.1 Å². The van der Waals surface area contributed by atoms with Crippen LogP contribution in [0.3, 0.4) is 0 Å². The van der Waals surface area contributed by atoms with Crippen LogP contribution in [0.4, 0.5) is 0 Å². The fourth-order valence-electron chi connectivity index (χ4n) is 2.65. The highest BCUT2D eigenvalue weighted by Crippen LogP contribution is 2.31. The van der Waals surface area contributed by atoms with E-state index in [9.17, 15) is 4.79 Å². The summed E-state index contributed by atoms with van der Waals surface area (Å²) in [5, 5.41) is 4.92. The van der Waals surface area contributed by atoms with Crippen molar-refractivity contribution in [2.45, 2.75) is 31.7 Å². The molecule has 3 aromatic rings. The van der Waals surface area contributed by atoms with Gasteiger partial charge in [0, 0.05) is 16.8 Å². The van der Waals surface area contributed by atoms with Crippen LogP contribution in [0.25, 0.3) is 10.2 Å². The number of ether oxygens (including phenoxy) is 1. The number of amides is 1. The number of nitrogens with one attached hydrogen (secondary N) is 1. The number of carbonyl (C=O) groups excluding carboxylic acids is 1. The molecule has 2 heterocycles. The fourth-order valence-corrected chi connectivity index (χ4v) is 4.61. The molecule has 0 aliphatic rings. The van der Waals surface area contributed by atoms with Gasteiger partial charge in [0.25, 0.3) is 0 Å². The zero-order valence-electron chi connectivity index (χ0n) is 15.7. The number of hydrogen-bond donors (Lipinski definition) is 1. The Labute approximate surface area is 167 Å². The van der Waals surface area contributed by atoms with Crippen molar-refractivity contribution in [2.75, 3.05) is 19.4 Å². The number of thiophene rings is 1. The summed E-state index contributed by atoms with van der Waals surface area (Å²) < 4.78 is 5.15. The fraction of sp³-hybridized carbons (Fsp3) is 0.350. The first-order valence-corrected chi connectivity index (χ1v) is 10.7. The van der Waals surface area contributed by atoms with Crippen LogP contribution in [0.15, 0.2) is 35.4 Å². The van der Waals surface area contributed by atoms with E-state index in [4.69, 9.17) is 4.74 Å². The van der Waals surface area contributed by atoms with Gasteiger partial charge in [0.15, 0.2) is 0 Å². The van der Waals surface area contributed by atoms with Crippen LogP contribution in [0, 0.1) is 6.92 Å². The first kappa shape index (κ1) is 19.6. The van der Waals surface area contributed by atoms with Gasteiger partial charge in [-0.05, 0) is 43.5 Å². The molecule has 0 aliphatic heterocycles. The summed E-state index contributed by atoms with van der Waals surface area (Å²) in [4.78, 5) is 23.5. The maximum Gasteiger partial charge on any atom is 0.230 e. The van der Waals surface area contributed by atoms with Crippen molar-refractivity contribution in [1.82, 2.24) is 15.3 Å². The normalized spacial score (nSPS) is 10.9. The lowest BCUT2D eigenvalue weighted by Gasteiger charge is -2.07. The Balaban J connectivity index is 1.53. The molecule has 1 aromatic carbocycles. The molecule has 0 saturated heterocycles. The Morgan fingerprint density at radius 2 is 2.04 bits per heavy atom. The predicted molar refractivity (Wildman–Crippen MR) is 112 cm³/mol. The largest absolute Gasteiger partial charge is 0.497 e. The van der Waals surface area contributed by atoms with Gasteiger partial charge in [-0.2, -0.15) is 0 Å². The van der Waals surface area contributed by atoms with Gasteiger partial charge in [0.1, 0.15) is 21.4 Å². The van der Waals surface area contributed by atoms with Gasteiger partial charge < -0.3 is 10.1 Å². The lowest BCUT2D eigenvalue weighted by atomic mass is 10.1. The van der Waals surface area contributed by atoms with Crippen molar-refractivity contribution < 1.29 is 9.53 Å². The molecule has 0 aliphatic carbocycles. The zero-order chi connectivity index (χ0) is 19.2. The van der Waals surface area contributed by atoms with Gasteiger partial charge in [0.05, 0.1) is 12.9 Å². The van der Waals surface area contributed by atoms with E-state index in [2.05, 4.69) is 28.3 Å². The summed E-state index contributed by atoms with van der Waals surface area (Å²) in [6.45, 7) is 4.64. The van der Waals surface area contributed by atoms with Gasteiger partial charge in [0.2, 0.25) is 5.91 Å². The number of methoxy groups -OCH3 is 1. The molecule has 1 amide bonds. The van der Waals surface area contributed by atoms with E-state index in [1.807, 2.05) is 31.2 Å². The Hall–Kier alpha value is -2.12. The predicted octanol–water partition coefficient (Wildman–Crippen LogP) is 4.02. The van der Waals surface area contributed by atoms with Crippen molar-refractivity contribution in [3.8, 4) is 5.75 Å². The molecule has 0 atom stereocenters. The second-order valence-corrected chi connectivity index (χ2v) is 8.18. The molecular weight excluding hydrogens is 378 g/mol. The minimum absolute atomic E-state index is 0.0175. The highest BCUT2D eigenvalue weighted by molar-refractivity contribution is 8.00. The van der Waals surface area contributed by atoms with Gasteiger partial charge in [-0.3, -0.25) is 4.79 Å². The summed E-state index contributed by atoms with van der Waals surface area (Å²) in [7, 11) is 1.65. The first-order chi connectivity index (χ1) is 13.1. The Kier molecular flexibility index (Phi) is 6.68. The van der Waals surface area contributed by atoms with Gasteiger partial charge in [-0.15, -0.1) is 11.3 Å². The lowest BCUT2D eigenvalue weighted by Crippen LogP contribution is -2.27.